The van der Waals surface area contributed by atoms with Crippen molar-refractivity contribution in [2.45, 2.75) is 20.8 Å². The van der Waals surface area contributed by atoms with E-state index in [1.807, 2.05) is 44.9 Å². The number of halogens is 1. The van der Waals surface area contributed by atoms with E-state index in [1.54, 1.807) is 6.20 Å². The normalized spacial score (nSPS) is 10.9. The first-order chi connectivity index (χ1) is 12.9. The number of aromatic nitrogens is 4. The van der Waals surface area contributed by atoms with Crippen molar-refractivity contribution < 1.29 is 9.50 Å². The highest BCUT2D eigenvalue weighted by atomic mass is 19.1. The second-order valence-electron chi connectivity index (χ2n) is 6.56. The van der Waals surface area contributed by atoms with Gasteiger partial charge in [0.1, 0.15) is 0 Å². The molecule has 3 aromatic rings. The van der Waals surface area contributed by atoms with Gasteiger partial charge in [0, 0.05) is 19.3 Å². The molecule has 2 N–H and O–H groups in total. The number of hydrogen-bond acceptors (Lipinski definition) is 6. The van der Waals surface area contributed by atoms with Gasteiger partial charge < -0.3 is 15.3 Å². The Hall–Kier alpha value is -3.00. The molecule has 0 fully saturated rings. The zero-order valence-electron chi connectivity index (χ0n) is 15.9. The highest BCUT2D eigenvalue weighted by molar-refractivity contribution is 5.57. The number of anilines is 3. The third-order valence-electron chi connectivity index (χ3n) is 4.14. The highest BCUT2D eigenvalue weighted by Crippen LogP contribution is 2.22. The van der Waals surface area contributed by atoms with Crippen molar-refractivity contribution in [1.29, 1.82) is 0 Å². The van der Waals surface area contributed by atoms with Gasteiger partial charge in [-0.3, -0.25) is 0 Å². The van der Waals surface area contributed by atoms with Crippen LogP contribution in [0.15, 0.2) is 30.6 Å². The Balaban J connectivity index is 1.93. The molecule has 1 aromatic carbocycles. The fraction of sp³-hybridized carbons (Fsp3) is 0.316. The van der Waals surface area contributed by atoms with Gasteiger partial charge in [0.05, 0.1) is 30.4 Å². The summed E-state index contributed by atoms with van der Waals surface area (Å²) in [6.07, 6.45) is 2.82. The molecule has 27 heavy (non-hydrogen) atoms. The average molecular weight is 370 g/mol. The molecule has 2 heterocycles. The van der Waals surface area contributed by atoms with Crippen LogP contribution in [-0.4, -0.2) is 45.1 Å². The van der Waals surface area contributed by atoms with Crippen LogP contribution in [0.25, 0.3) is 5.82 Å². The van der Waals surface area contributed by atoms with Crippen LogP contribution in [0.4, 0.5) is 21.7 Å². The number of rotatable bonds is 6. The molecule has 0 saturated carbocycles. The quantitative estimate of drug-likeness (QED) is 0.695. The summed E-state index contributed by atoms with van der Waals surface area (Å²) in [6.45, 7) is 6.32. The Morgan fingerprint density at radius 3 is 2.56 bits per heavy atom. The molecular weight excluding hydrogens is 347 g/mol. The molecule has 2 aromatic heterocycles. The monoisotopic (exact) mass is 370 g/mol. The molecule has 142 valence electrons. The van der Waals surface area contributed by atoms with Crippen LogP contribution in [-0.2, 0) is 0 Å². The predicted octanol–water partition coefficient (Wildman–Crippen LogP) is 2.90. The van der Waals surface area contributed by atoms with E-state index in [1.165, 1.54) is 4.68 Å². The second kappa shape index (κ2) is 7.71. The van der Waals surface area contributed by atoms with Crippen LogP contribution in [0.5, 0.6) is 0 Å². The lowest BCUT2D eigenvalue weighted by atomic mass is 10.1. The zero-order chi connectivity index (χ0) is 19.6. The molecule has 0 aliphatic carbocycles. The van der Waals surface area contributed by atoms with Crippen LogP contribution in [0.3, 0.4) is 0 Å². The Bertz CT molecular complexity index is 935. The van der Waals surface area contributed by atoms with Crippen molar-refractivity contribution in [3.8, 4) is 5.82 Å². The fourth-order valence-electron chi connectivity index (χ4n) is 2.96. The zero-order valence-corrected chi connectivity index (χ0v) is 15.9. The van der Waals surface area contributed by atoms with Gasteiger partial charge in [-0.25, -0.2) is 14.1 Å². The molecule has 7 nitrogen and oxygen atoms in total. The molecule has 0 saturated heterocycles. The molecule has 0 aliphatic heterocycles. The Morgan fingerprint density at radius 1 is 1.19 bits per heavy atom. The Labute approximate surface area is 157 Å². The molecule has 0 amide bonds. The predicted molar refractivity (Wildman–Crippen MR) is 103 cm³/mol. The van der Waals surface area contributed by atoms with Crippen LogP contribution >= 0.6 is 0 Å². The minimum atomic E-state index is -0.570. The minimum Gasteiger partial charge on any atom is -0.395 e. The third-order valence-corrected chi connectivity index (χ3v) is 4.14. The summed E-state index contributed by atoms with van der Waals surface area (Å²) in [4.78, 5) is 10.2. The first kappa shape index (κ1) is 18.8. The van der Waals surface area contributed by atoms with Gasteiger partial charge >= 0.3 is 0 Å². The van der Waals surface area contributed by atoms with Crippen molar-refractivity contribution in [2.75, 3.05) is 30.4 Å². The van der Waals surface area contributed by atoms with Crippen molar-refractivity contribution in [2.24, 2.45) is 0 Å². The lowest BCUT2D eigenvalue weighted by Gasteiger charge is -2.15. The summed E-state index contributed by atoms with van der Waals surface area (Å²) < 4.78 is 15.7. The topological polar surface area (TPSA) is 79.1 Å². The van der Waals surface area contributed by atoms with Crippen molar-refractivity contribution >= 4 is 17.3 Å². The van der Waals surface area contributed by atoms with Gasteiger partial charge in [-0.05, 0) is 44.0 Å². The van der Waals surface area contributed by atoms with E-state index < -0.39 is 5.82 Å². The van der Waals surface area contributed by atoms with Gasteiger partial charge in [0.15, 0.2) is 11.6 Å². The third kappa shape index (κ3) is 4.22. The van der Waals surface area contributed by atoms with Gasteiger partial charge in [-0.1, -0.05) is 6.07 Å². The van der Waals surface area contributed by atoms with Crippen LogP contribution in [0.2, 0.25) is 0 Å². The Morgan fingerprint density at radius 2 is 1.89 bits per heavy atom. The van der Waals surface area contributed by atoms with Crippen molar-refractivity contribution in [3.05, 3.63) is 53.2 Å². The highest BCUT2D eigenvalue weighted by Gasteiger charge is 2.15. The van der Waals surface area contributed by atoms with E-state index in [9.17, 15) is 4.39 Å². The molecule has 0 aliphatic rings. The lowest BCUT2D eigenvalue weighted by molar-refractivity contribution is 0.304. The van der Waals surface area contributed by atoms with E-state index in [-0.39, 0.29) is 18.4 Å². The maximum Gasteiger partial charge on any atom is 0.229 e. The molecule has 0 bridgehead atoms. The maximum absolute atomic E-state index is 14.3. The number of nitrogens with one attached hydrogen (secondary N) is 1. The van der Waals surface area contributed by atoms with Crippen molar-refractivity contribution in [3.63, 3.8) is 0 Å². The summed E-state index contributed by atoms with van der Waals surface area (Å²) in [5.74, 6) is -0.224. The standard InChI is InChI=1S/C19H23FN6O/c1-12-7-13(2)9-15(8-12)22-19-21-10-16(20)18(23-19)26-11-17(14(3)24-26)25(4)5-6-27/h7-11,27H,5-6H2,1-4H3,(H,21,22,23). The van der Waals surface area contributed by atoms with E-state index in [2.05, 4.69) is 26.4 Å². The van der Waals surface area contributed by atoms with E-state index in [4.69, 9.17) is 5.11 Å². The first-order valence-electron chi connectivity index (χ1n) is 8.64. The summed E-state index contributed by atoms with van der Waals surface area (Å²) in [6, 6.07) is 6.01. The van der Waals surface area contributed by atoms with E-state index in [0.29, 0.717) is 12.2 Å². The molecule has 0 radical (unpaired) electrons. The van der Waals surface area contributed by atoms with Crippen LogP contribution < -0.4 is 10.2 Å². The number of nitrogens with zero attached hydrogens (tertiary/aromatic N) is 5. The summed E-state index contributed by atoms with van der Waals surface area (Å²) in [5.41, 5.74) is 4.57. The number of likely N-dealkylation sites (N-methyl/N-ethyl adjacent to an activating group) is 1. The van der Waals surface area contributed by atoms with Gasteiger partial charge in [0.25, 0.3) is 0 Å². The van der Waals surface area contributed by atoms with Crippen LogP contribution in [0, 0.1) is 26.6 Å². The minimum absolute atomic E-state index is 0.0208. The van der Waals surface area contributed by atoms with Gasteiger partial charge in [-0.15, -0.1) is 0 Å². The van der Waals surface area contributed by atoms with Crippen molar-refractivity contribution in [1.82, 2.24) is 19.7 Å². The van der Waals surface area contributed by atoms with Gasteiger partial charge in [-0.2, -0.15) is 10.1 Å². The average Bonchev–Trinajstić information content (AvgIpc) is 2.97. The molecule has 0 spiro atoms. The SMILES string of the molecule is Cc1cc(C)cc(Nc2ncc(F)c(-n3cc(N(C)CCO)c(C)n3)n2)c1. The van der Waals surface area contributed by atoms with E-state index in [0.717, 1.165) is 28.7 Å². The number of aliphatic hydroxyl groups excluding tert-OH is 1. The number of aliphatic hydroxyl groups is 1. The maximum atomic E-state index is 14.3. The Kier molecular flexibility index (Phi) is 5.36. The molecular formula is C19H23FN6O. The molecule has 3 rings (SSSR count). The largest absolute Gasteiger partial charge is 0.395 e. The van der Waals surface area contributed by atoms with Crippen LogP contribution in [0.1, 0.15) is 16.8 Å². The molecule has 0 atom stereocenters. The second-order valence-corrected chi connectivity index (χ2v) is 6.56. The molecule has 0 unspecified atom stereocenters. The number of hydrogen-bond donors (Lipinski definition) is 2. The number of aryl methyl sites for hydroxylation is 3. The summed E-state index contributed by atoms with van der Waals surface area (Å²) in [5, 5.41) is 16.6. The first-order valence-corrected chi connectivity index (χ1v) is 8.64. The fourth-order valence-corrected chi connectivity index (χ4v) is 2.96. The summed E-state index contributed by atoms with van der Waals surface area (Å²) >= 11 is 0. The summed E-state index contributed by atoms with van der Waals surface area (Å²) in [7, 11) is 1.84. The lowest BCUT2D eigenvalue weighted by Crippen LogP contribution is -2.21. The van der Waals surface area contributed by atoms with Gasteiger partial charge in [0.2, 0.25) is 5.95 Å². The smallest absolute Gasteiger partial charge is 0.229 e. The molecule has 8 heteroatoms. The number of benzene rings is 1. The van der Waals surface area contributed by atoms with E-state index >= 15 is 0 Å².